The molecule has 6 nitrogen and oxygen atoms in total. The zero-order chi connectivity index (χ0) is 13.0. The molecule has 1 fully saturated rings. The van der Waals surface area contributed by atoms with Crippen LogP contribution >= 0.6 is 0 Å². The first kappa shape index (κ1) is 12.9. The van der Waals surface area contributed by atoms with Gasteiger partial charge in [0.1, 0.15) is 12.4 Å². The Bertz CT molecular complexity index is 405. The van der Waals surface area contributed by atoms with Crippen molar-refractivity contribution in [2.45, 2.75) is 38.3 Å². The number of amides is 1. The van der Waals surface area contributed by atoms with E-state index in [-0.39, 0.29) is 25.1 Å². The smallest absolute Gasteiger partial charge is 0.244 e. The van der Waals surface area contributed by atoms with E-state index in [1.54, 1.807) is 16.9 Å². The molecule has 0 aromatic carbocycles. The quantitative estimate of drug-likeness (QED) is 0.785. The summed E-state index contributed by atoms with van der Waals surface area (Å²) in [5.41, 5.74) is 5.52. The van der Waals surface area contributed by atoms with Crippen LogP contribution in [0.3, 0.4) is 0 Å². The highest BCUT2D eigenvalue weighted by molar-refractivity contribution is 5.76. The number of carbonyl (C=O) groups is 1. The number of aliphatic hydroxyl groups is 1. The average Bonchev–Trinajstić information content (AvgIpc) is 2.95. The zero-order valence-electron chi connectivity index (χ0n) is 10.5. The van der Waals surface area contributed by atoms with E-state index < -0.39 is 0 Å². The highest BCUT2D eigenvalue weighted by Gasteiger charge is 2.28. The van der Waals surface area contributed by atoms with Gasteiger partial charge in [0.25, 0.3) is 0 Å². The second-order valence-electron chi connectivity index (χ2n) is 4.69. The SMILES string of the molecule is Nc1ccn(CC(=O)N2CCCC2CCCO)n1. The summed E-state index contributed by atoms with van der Waals surface area (Å²) < 4.78 is 1.57. The maximum atomic E-state index is 12.2. The molecule has 0 bridgehead atoms. The fourth-order valence-electron chi connectivity index (χ4n) is 2.49. The lowest BCUT2D eigenvalue weighted by molar-refractivity contribution is -0.133. The Morgan fingerprint density at radius 1 is 1.61 bits per heavy atom. The Morgan fingerprint density at radius 2 is 2.44 bits per heavy atom. The molecule has 0 aliphatic carbocycles. The Morgan fingerprint density at radius 3 is 3.11 bits per heavy atom. The van der Waals surface area contributed by atoms with Gasteiger partial charge in [-0.15, -0.1) is 0 Å². The van der Waals surface area contributed by atoms with Gasteiger partial charge in [-0.1, -0.05) is 0 Å². The molecule has 2 heterocycles. The van der Waals surface area contributed by atoms with Crippen molar-refractivity contribution in [3.8, 4) is 0 Å². The Balaban J connectivity index is 1.91. The highest BCUT2D eigenvalue weighted by atomic mass is 16.3. The minimum Gasteiger partial charge on any atom is -0.396 e. The normalized spacial score (nSPS) is 19.4. The summed E-state index contributed by atoms with van der Waals surface area (Å²) >= 11 is 0. The largest absolute Gasteiger partial charge is 0.396 e. The third-order valence-electron chi connectivity index (χ3n) is 3.35. The maximum absolute atomic E-state index is 12.2. The lowest BCUT2D eigenvalue weighted by atomic mass is 10.1. The van der Waals surface area contributed by atoms with Crippen molar-refractivity contribution < 1.29 is 9.90 Å². The van der Waals surface area contributed by atoms with Gasteiger partial charge in [-0.25, -0.2) is 0 Å². The minimum atomic E-state index is 0.0820. The van der Waals surface area contributed by atoms with Crippen molar-refractivity contribution in [1.29, 1.82) is 0 Å². The molecule has 1 aliphatic rings. The first-order valence-electron chi connectivity index (χ1n) is 6.40. The third-order valence-corrected chi connectivity index (χ3v) is 3.35. The van der Waals surface area contributed by atoms with Crippen LogP contribution in [-0.4, -0.2) is 44.9 Å². The van der Waals surface area contributed by atoms with E-state index in [1.807, 2.05) is 4.90 Å². The van der Waals surface area contributed by atoms with Gasteiger partial charge >= 0.3 is 0 Å². The van der Waals surface area contributed by atoms with Gasteiger partial charge in [0, 0.05) is 25.4 Å². The summed E-state index contributed by atoms with van der Waals surface area (Å²) in [5.74, 6) is 0.514. The van der Waals surface area contributed by atoms with E-state index in [2.05, 4.69) is 5.10 Å². The predicted octanol–water partition coefficient (Wildman–Crippen LogP) is 0.229. The first-order valence-corrected chi connectivity index (χ1v) is 6.40. The molecule has 1 aliphatic heterocycles. The molecule has 18 heavy (non-hydrogen) atoms. The molecule has 6 heteroatoms. The lowest BCUT2D eigenvalue weighted by Gasteiger charge is -2.24. The molecule has 2 rings (SSSR count). The van der Waals surface area contributed by atoms with E-state index in [0.29, 0.717) is 5.82 Å². The van der Waals surface area contributed by atoms with Crippen LogP contribution in [0.1, 0.15) is 25.7 Å². The molecule has 3 N–H and O–H groups in total. The number of aromatic nitrogens is 2. The van der Waals surface area contributed by atoms with Gasteiger partial charge in [0.15, 0.2) is 0 Å². The van der Waals surface area contributed by atoms with Crippen LogP contribution in [-0.2, 0) is 11.3 Å². The fraction of sp³-hybridized carbons (Fsp3) is 0.667. The second-order valence-corrected chi connectivity index (χ2v) is 4.69. The van der Waals surface area contributed by atoms with Crippen LogP contribution in [0.25, 0.3) is 0 Å². The van der Waals surface area contributed by atoms with E-state index in [9.17, 15) is 4.79 Å². The first-order chi connectivity index (χ1) is 8.70. The summed E-state index contributed by atoms with van der Waals surface area (Å²) in [6.07, 6.45) is 5.43. The van der Waals surface area contributed by atoms with Gasteiger partial charge in [0.05, 0.1) is 0 Å². The summed E-state index contributed by atoms with van der Waals surface area (Å²) in [5, 5.41) is 12.9. The van der Waals surface area contributed by atoms with Crippen LogP contribution in [0.4, 0.5) is 5.82 Å². The number of likely N-dealkylation sites (tertiary alicyclic amines) is 1. The van der Waals surface area contributed by atoms with Gasteiger partial charge in [0.2, 0.25) is 5.91 Å². The summed E-state index contributed by atoms with van der Waals surface area (Å²) in [6, 6.07) is 1.96. The van der Waals surface area contributed by atoms with Crippen LogP contribution in [0, 0.1) is 0 Å². The van der Waals surface area contributed by atoms with E-state index in [0.717, 1.165) is 32.2 Å². The molecule has 1 amide bonds. The number of anilines is 1. The molecule has 100 valence electrons. The molecular weight excluding hydrogens is 232 g/mol. The van der Waals surface area contributed by atoms with Crippen molar-refractivity contribution >= 4 is 11.7 Å². The minimum absolute atomic E-state index is 0.0820. The molecular formula is C12H20N4O2. The number of nitrogen functional groups attached to an aromatic ring is 1. The van der Waals surface area contributed by atoms with Crippen molar-refractivity contribution in [3.63, 3.8) is 0 Å². The van der Waals surface area contributed by atoms with Crippen LogP contribution in [0.5, 0.6) is 0 Å². The zero-order valence-corrected chi connectivity index (χ0v) is 10.5. The summed E-state index contributed by atoms with van der Waals surface area (Å²) in [4.78, 5) is 14.1. The van der Waals surface area contributed by atoms with E-state index in [4.69, 9.17) is 10.8 Å². The molecule has 1 saturated heterocycles. The number of nitrogens with zero attached hydrogens (tertiary/aromatic N) is 3. The number of aliphatic hydroxyl groups excluding tert-OH is 1. The van der Waals surface area contributed by atoms with E-state index >= 15 is 0 Å². The van der Waals surface area contributed by atoms with Gasteiger partial charge in [-0.3, -0.25) is 9.48 Å². The Hall–Kier alpha value is -1.56. The van der Waals surface area contributed by atoms with Gasteiger partial charge in [-0.05, 0) is 31.7 Å². The van der Waals surface area contributed by atoms with Gasteiger partial charge in [-0.2, -0.15) is 5.10 Å². The van der Waals surface area contributed by atoms with Gasteiger partial charge < -0.3 is 15.7 Å². The lowest BCUT2D eigenvalue weighted by Crippen LogP contribution is -2.38. The van der Waals surface area contributed by atoms with E-state index in [1.165, 1.54) is 0 Å². The van der Waals surface area contributed by atoms with Crippen LogP contribution in [0.2, 0.25) is 0 Å². The Kier molecular flexibility index (Phi) is 4.19. The van der Waals surface area contributed by atoms with Crippen molar-refractivity contribution in [2.24, 2.45) is 0 Å². The molecule has 1 aromatic heterocycles. The second kappa shape index (κ2) is 5.86. The third kappa shape index (κ3) is 3.01. The predicted molar refractivity (Wildman–Crippen MR) is 67.7 cm³/mol. The summed E-state index contributed by atoms with van der Waals surface area (Å²) in [6.45, 7) is 1.24. The fourth-order valence-corrected chi connectivity index (χ4v) is 2.49. The standard InChI is InChI=1S/C12H20N4O2/c13-11-5-7-15(14-11)9-12(18)16-6-1-3-10(16)4-2-8-17/h5,7,10,17H,1-4,6,8-9H2,(H2,13,14). The van der Waals surface area contributed by atoms with Crippen molar-refractivity contribution in [2.75, 3.05) is 18.9 Å². The number of nitrogens with two attached hydrogens (primary N) is 1. The molecule has 0 radical (unpaired) electrons. The molecule has 1 atom stereocenters. The number of rotatable bonds is 5. The van der Waals surface area contributed by atoms with Crippen LogP contribution < -0.4 is 5.73 Å². The molecule has 0 spiro atoms. The highest BCUT2D eigenvalue weighted by Crippen LogP contribution is 2.21. The monoisotopic (exact) mass is 252 g/mol. The van der Waals surface area contributed by atoms with Crippen molar-refractivity contribution in [1.82, 2.24) is 14.7 Å². The number of carbonyl (C=O) groups excluding carboxylic acids is 1. The molecule has 1 aromatic rings. The maximum Gasteiger partial charge on any atom is 0.244 e. The molecule has 1 unspecified atom stereocenters. The topological polar surface area (TPSA) is 84.4 Å². The molecule has 0 saturated carbocycles. The number of hydrogen-bond acceptors (Lipinski definition) is 4. The summed E-state index contributed by atoms with van der Waals surface area (Å²) in [7, 11) is 0. The Labute approximate surface area is 106 Å². The van der Waals surface area contributed by atoms with Crippen LogP contribution in [0.15, 0.2) is 12.3 Å². The number of hydrogen-bond donors (Lipinski definition) is 2. The van der Waals surface area contributed by atoms with Crippen molar-refractivity contribution in [3.05, 3.63) is 12.3 Å². The average molecular weight is 252 g/mol.